The van der Waals surface area contributed by atoms with Gasteiger partial charge in [-0.15, -0.1) is 0 Å². The number of hydrogen-bond acceptors (Lipinski definition) is 6. The Kier molecular flexibility index (Phi) is 13.7. The molecule has 0 aliphatic heterocycles. The molecule has 0 amide bonds. The topological polar surface area (TPSA) is 77.3 Å². The highest BCUT2D eigenvalue weighted by Crippen LogP contribution is 2.45. The first-order chi connectivity index (χ1) is 39.7. The van der Waals surface area contributed by atoms with Gasteiger partial charge in [0.2, 0.25) is 0 Å². The second kappa shape index (κ2) is 22.4. The van der Waals surface area contributed by atoms with Crippen LogP contribution in [0.4, 0.5) is 0 Å². The third-order valence-electron chi connectivity index (χ3n) is 14.6. The summed E-state index contributed by atoms with van der Waals surface area (Å²) in [6.45, 7) is 0. The first kappa shape index (κ1) is 48.8. The summed E-state index contributed by atoms with van der Waals surface area (Å²) in [7, 11) is 0. The summed E-state index contributed by atoms with van der Waals surface area (Å²) in [5, 5.41) is 4.99. The van der Waals surface area contributed by atoms with Crippen molar-refractivity contribution in [2.75, 3.05) is 0 Å². The third-order valence-corrected chi connectivity index (χ3v) is 14.6. The summed E-state index contributed by atoms with van der Waals surface area (Å²) in [6.07, 6.45) is 22.3. The summed E-state index contributed by atoms with van der Waals surface area (Å²) in [6, 6.07) is 81.8. The first-order valence-electron chi connectivity index (χ1n) is 26.6. The van der Waals surface area contributed by atoms with Crippen LogP contribution in [0.3, 0.4) is 0 Å². The van der Waals surface area contributed by atoms with Crippen molar-refractivity contribution in [2.24, 2.45) is 0 Å². The van der Waals surface area contributed by atoms with Gasteiger partial charge in [-0.2, -0.15) is 0 Å². The number of pyridine rings is 6. The van der Waals surface area contributed by atoms with Gasteiger partial charge in [-0.1, -0.05) is 140 Å². The maximum Gasteiger partial charge on any atom is 0.0346 e. The van der Waals surface area contributed by atoms with Gasteiger partial charge in [-0.3, -0.25) is 29.9 Å². The highest BCUT2D eigenvalue weighted by atomic mass is 14.6. The van der Waals surface area contributed by atoms with Gasteiger partial charge in [-0.05, 0) is 190 Å². The summed E-state index contributed by atoms with van der Waals surface area (Å²) < 4.78 is 0. The zero-order valence-corrected chi connectivity index (χ0v) is 43.6. The fraction of sp³-hybridized carbons (Fsp3) is 0. The number of benzene rings is 8. The molecule has 0 saturated heterocycles. The molecule has 0 N–H and O–H groups in total. The molecule has 6 aromatic heterocycles. The predicted octanol–water partition coefficient (Wildman–Crippen LogP) is 18.7. The van der Waals surface area contributed by atoms with Crippen molar-refractivity contribution >= 4 is 21.5 Å². The second-order valence-electron chi connectivity index (χ2n) is 19.6. The summed E-state index contributed by atoms with van der Waals surface area (Å²) in [5.74, 6) is 0. The highest BCUT2D eigenvalue weighted by molar-refractivity contribution is 6.21. The Hall–Kier alpha value is -10.8. The van der Waals surface area contributed by atoms with E-state index in [1.165, 1.54) is 43.8 Å². The fourth-order valence-electron chi connectivity index (χ4n) is 10.8. The smallest absolute Gasteiger partial charge is 0.0346 e. The van der Waals surface area contributed by atoms with E-state index in [1.54, 1.807) is 24.8 Å². The molecule has 6 heterocycles. The molecule has 14 aromatic rings. The van der Waals surface area contributed by atoms with Gasteiger partial charge in [0, 0.05) is 108 Å². The van der Waals surface area contributed by atoms with E-state index in [0.29, 0.717) is 0 Å². The Labute approximate surface area is 465 Å². The van der Waals surface area contributed by atoms with Gasteiger partial charge < -0.3 is 0 Å². The molecule has 0 aliphatic carbocycles. The number of fused-ring (bicyclic) bond motifs is 2. The molecule has 376 valence electrons. The SMILES string of the molecule is c1cncc(-c2cc(-c3cccnc3)cc(-c3cccc(-c4cc(-c5cccnc5)cc(-c5cccnc5)c4)c3)c2)c1.c1cncc(-c2cccc(-c3c4ccccc4c(-c4cccc(-c5cccnc5)c4)c4ccccc34)c2)c1. The Morgan fingerprint density at radius 1 is 0.150 bits per heavy atom. The maximum absolute atomic E-state index is 4.36. The van der Waals surface area contributed by atoms with Crippen LogP contribution >= 0.6 is 0 Å². The molecule has 14 rings (SSSR count). The summed E-state index contributed by atoms with van der Waals surface area (Å²) >= 11 is 0. The van der Waals surface area contributed by atoms with Crippen LogP contribution < -0.4 is 0 Å². The van der Waals surface area contributed by atoms with Crippen molar-refractivity contribution in [1.29, 1.82) is 0 Å². The number of rotatable bonds is 10. The van der Waals surface area contributed by atoms with Crippen LogP contribution in [0.1, 0.15) is 0 Å². The van der Waals surface area contributed by atoms with Crippen LogP contribution in [0.2, 0.25) is 0 Å². The maximum atomic E-state index is 4.36. The molecule has 0 fully saturated rings. The normalized spacial score (nSPS) is 11.0. The van der Waals surface area contributed by atoms with E-state index in [4.69, 9.17) is 0 Å². The minimum Gasteiger partial charge on any atom is -0.264 e. The van der Waals surface area contributed by atoms with Crippen molar-refractivity contribution < 1.29 is 0 Å². The van der Waals surface area contributed by atoms with Crippen LogP contribution in [0.25, 0.3) is 133 Å². The van der Waals surface area contributed by atoms with E-state index in [1.807, 2.05) is 86.0 Å². The molecule has 6 heteroatoms. The molecule has 80 heavy (non-hydrogen) atoms. The van der Waals surface area contributed by atoms with Crippen LogP contribution in [0, 0.1) is 0 Å². The molecule has 0 aliphatic rings. The van der Waals surface area contributed by atoms with Crippen LogP contribution in [0.5, 0.6) is 0 Å². The van der Waals surface area contributed by atoms with Gasteiger partial charge in [-0.25, -0.2) is 0 Å². The number of aromatic nitrogens is 6. The Morgan fingerprint density at radius 3 is 0.588 bits per heavy atom. The molecule has 0 spiro atoms. The van der Waals surface area contributed by atoms with E-state index in [0.717, 1.165) is 89.0 Å². The minimum atomic E-state index is 1.07. The largest absolute Gasteiger partial charge is 0.264 e. The Balaban J connectivity index is 0.000000152. The lowest BCUT2D eigenvalue weighted by molar-refractivity contribution is 1.32. The Morgan fingerprint density at radius 2 is 0.338 bits per heavy atom. The van der Waals surface area contributed by atoms with E-state index < -0.39 is 0 Å². The van der Waals surface area contributed by atoms with E-state index >= 15 is 0 Å². The van der Waals surface area contributed by atoms with Crippen molar-refractivity contribution in [3.8, 4) is 111 Å². The van der Waals surface area contributed by atoms with Gasteiger partial charge in [0.25, 0.3) is 0 Å². The average Bonchev–Trinajstić information content (AvgIpc) is 3.56. The van der Waals surface area contributed by atoms with Crippen LogP contribution in [-0.4, -0.2) is 29.9 Å². The zero-order valence-electron chi connectivity index (χ0n) is 43.6. The molecular weight excluding hydrogens is 973 g/mol. The van der Waals surface area contributed by atoms with Crippen molar-refractivity contribution in [3.05, 3.63) is 305 Å². The summed E-state index contributed by atoms with van der Waals surface area (Å²) in [4.78, 5) is 26.1. The fourth-order valence-corrected chi connectivity index (χ4v) is 10.8. The quantitative estimate of drug-likeness (QED) is 0.127. The molecule has 0 bridgehead atoms. The van der Waals surface area contributed by atoms with Gasteiger partial charge in [0.1, 0.15) is 0 Å². The lowest BCUT2D eigenvalue weighted by Gasteiger charge is -2.18. The van der Waals surface area contributed by atoms with Gasteiger partial charge in [0.15, 0.2) is 0 Å². The minimum absolute atomic E-state index is 1.07. The molecule has 0 unspecified atom stereocenters. The first-order valence-corrected chi connectivity index (χ1v) is 26.6. The predicted molar refractivity (Wildman–Crippen MR) is 329 cm³/mol. The molecule has 6 nitrogen and oxygen atoms in total. The second-order valence-corrected chi connectivity index (χ2v) is 19.6. The van der Waals surface area contributed by atoms with Gasteiger partial charge >= 0.3 is 0 Å². The highest BCUT2D eigenvalue weighted by Gasteiger charge is 2.18. The van der Waals surface area contributed by atoms with Crippen molar-refractivity contribution in [2.45, 2.75) is 0 Å². The van der Waals surface area contributed by atoms with Crippen molar-refractivity contribution in [3.63, 3.8) is 0 Å². The molecule has 0 atom stereocenters. The zero-order chi connectivity index (χ0) is 53.5. The van der Waals surface area contributed by atoms with Gasteiger partial charge in [0.05, 0.1) is 0 Å². The monoisotopic (exact) mass is 1020 g/mol. The van der Waals surface area contributed by atoms with Crippen molar-refractivity contribution in [1.82, 2.24) is 29.9 Å². The molecule has 0 saturated carbocycles. The van der Waals surface area contributed by atoms with E-state index in [2.05, 4.69) is 224 Å². The van der Waals surface area contributed by atoms with Crippen LogP contribution in [-0.2, 0) is 0 Å². The lowest BCUT2D eigenvalue weighted by atomic mass is 9.85. The summed E-state index contributed by atoms with van der Waals surface area (Å²) in [5.41, 5.74) is 22.8. The number of hydrogen-bond donors (Lipinski definition) is 0. The van der Waals surface area contributed by atoms with E-state index in [-0.39, 0.29) is 0 Å². The molecule has 8 aromatic carbocycles. The van der Waals surface area contributed by atoms with E-state index in [9.17, 15) is 0 Å². The molecular formula is C74H50N6. The number of nitrogens with zero attached hydrogens (tertiary/aromatic N) is 6. The van der Waals surface area contributed by atoms with Crippen LogP contribution in [0.15, 0.2) is 305 Å². The molecule has 0 radical (unpaired) electrons. The Bertz CT molecular complexity index is 3990. The lowest BCUT2D eigenvalue weighted by Crippen LogP contribution is -1.91. The third kappa shape index (κ3) is 10.3. The standard InChI is InChI=1S/C38H26N4.C36H24N2/c1-6-27(33-17-35(29-8-2-12-39-23-29)21-36(18-33)30-9-3-13-40-24-30)16-28(7-1)34-19-37(31-10-4-14-41-25-31)22-38(20-34)32-11-5-15-42-26-32;1-2-16-32-31(15-1)35(27-11-5-9-25(21-27)29-13-7-19-37-23-29)33-17-3-4-18-34(33)36(32)28-12-6-10-26(22-28)30-14-8-20-38-24-30/h1-26H;1-24H. The average molecular weight is 1020 g/mol.